The van der Waals surface area contributed by atoms with E-state index in [2.05, 4.69) is 12.7 Å². The van der Waals surface area contributed by atoms with Gasteiger partial charge in [-0.3, -0.25) is 4.98 Å². The van der Waals surface area contributed by atoms with Gasteiger partial charge in [-0.1, -0.05) is 29.3 Å². The zero-order chi connectivity index (χ0) is 15.3. The van der Waals surface area contributed by atoms with E-state index in [0.29, 0.717) is 16.9 Å². The fourth-order valence-electron chi connectivity index (χ4n) is 4.12. The molecule has 2 aliphatic carbocycles. The molecule has 23 heavy (non-hydrogen) atoms. The molecule has 120 valence electrons. The van der Waals surface area contributed by atoms with E-state index in [4.69, 9.17) is 22.3 Å². The van der Waals surface area contributed by atoms with E-state index in [1.54, 1.807) is 0 Å². The highest BCUT2D eigenvalue weighted by atomic mass is 35.5. The third kappa shape index (κ3) is 2.75. The average molecular weight is 347 g/mol. The Morgan fingerprint density at radius 3 is 2.96 bits per heavy atom. The third-order valence-corrected chi connectivity index (χ3v) is 5.18. The quantitative estimate of drug-likeness (QED) is 0.734. The number of rotatable bonds is 2. The predicted octanol–water partition coefficient (Wildman–Crippen LogP) is 5.44. The number of nitrogen functional groups attached to an aromatic ring is 1. The Balaban J connectivity index is 0.00000156. The van der Waals surface area contributed by atoms with Gasteiger partial charge in [-0.05, 0) is 55.7 Å². The average Bonchev–Trinajstić information content (AvgIpc) is 2.46. The number of hydrogen-bond donors (Lipinski definition) is 1. The molecule has 4 heteroatoms. The van der Waals surface area contributed by atoms with Gasteiger partial charge >= 0.3 is 0 Å². The van der Waals surface area contributed by atoms with Gasteiger partial charge in [-0.15, -0.1) is 19.0 Å². The van der Waals surface area contributed by atoms with Crippen molar-refractivity contribution in [1.29, 1.82) is 0 Å². The second kappa shape index (κ2) is 6.18. The second-order valence-electron chi connectivity index (χ2n) is 6.47. The maximum Gasteiger partial charge on any atom is 0.0741 e. The van der Waals surface area contributed by atoms with Crippen LogP contribution in [-0.4, -0.2) is 4.98 Å². The Bertz CT molecular complexity index is 811. The van der Waals surface area contributed by atoms with Crippen LogP contribution in [0, 0.1) is 5.92 Å². The number of benzene rings is 1. The Kier molecular flexibility index (Phi) is 4.39. The molecule has 0 amide bonds. The molecule has 1 aromatic heterocycles. The smallest absolute Gasteiger partial charge is 0.0741 e. The van der Waals surface area contributed by atoms with Gasteiger partial charge in [0.1, 0.15) is 0 Å². The monoisotopic (exact) mass is 346 g/mol. The molecular formula is C19H20Cl2N2. The Morgan fingerprint density at radius 2 is 2.17 bits per heavy atom. The number of hydrogen-bond acceptors (Lipinski definition) is 2. The van der Waals surface area contributed by atoms with Crippen molar-refractivity contribution in [3.8, 4) is 0 Å². The summed E-state index contributed by atoms with van der Waals surface area (Å²) in [7, 11) is 0. The lowest BCUT2D eigenvalue weighted by Gasteiger charge is -2.35. The third-order valence-electron chi connectivity index (χ3n) is 4.94. The zero-order valence-corrected chi connectivity index (χ0v) is 14.5. The molecule has 0 spiro atoms. The fraction of sp³-hybridized carbons (Fsp3) is 0.316. The number of halogens is 2. The highest BCUT2D eigenvalue weighted by Crippen LogP contribution is 2.47. The molecule has 4 rings (SSSR count). The molecule has 2 atom stereocenters. The second-order valence-corrected chi connectivity index (χ2v) is 6.90. The summed E-state index contributed by atoms with van der Waals surface area (Å²) in [5.74, 6) is 1.09. The number of fused-ring (bicyclic) bond motifs is 5. The first-order valence-corrected chi connectivity index (χ1v) is 8.21. The molecule has 0 aliphatic heterocycles. The topological polar surface area (TPSA) is 38.9 Å². The van der Waals surface area contributed by atoms with E-state index in [1.807, 2.05) is 24.3 Å². The first kappa shape index (κ1) is 16.4. The molecule has 2 aromatic rings. The molecule has 2 aliphatic rings. The minimum atomic E-state index is 0. The lowest BCUT2D eigenvalue weighted by atomic mass is 9.70. The first-order chi connectivity index (χ1) is 10.7. The standard InChI is InChI=1S/C19H19ClN2.ClH/c1-2-3-11-6-12-8-13(7-11)18-17(9-12)22-16-10-14(20)4-5-15(16)19(18)21;/h2,4-6,10,12-13H,1,3,7-9H2,(H2,21,22);1H. The van der Waals surface area contributed by atoms with Crippen molar-refractivity contribution in [3.05, 3.63) is 58.8 Å². The van der Waals surface area contributed by atoms with Crippen molar-refractivity contribution in [2.75, 3.05) is 5.73 Å². The van der Waals surface area contributed by atoms with Gasteiger partial charge in [-0.25, -0.2) is 0 Å². The van der Waals surface area contributed by atoms with Gasteiger partial charge < -0.3 is 5.73 Å². The Labute approximate surface area is 147 Å². The number of allylic oxidation sites excluding steroid dienone is 3. The van der Waals surface area contributed by atoms with Gasteiger partial charge in [0.05, 0.1) is 5.52 Å². The molecule has 0 saturated heterocycles. The summed E-state index contributed by atoms with van der Waals surface area (Å²) >= 11 is 6.10. The van der Waals surface area contributed by atoms with Crippen LogP contribution < -0.4 is 5.73 Å². The maximum absolute atomic E-state index is 6.52. The summed E-state index contributed by atoms with van der Waals surface area (Å²) in [6.45, 7) is 3.87. The first-order valence-electron chi connectivity index (χ1n) is 7.83. The van der Waals surface area contributed by atoms with Gasteiger partial charge in [-0.2, -0.15) is 0 Å². The summed E-state index contributed by atoms with van der Waals surface area (Å²) < 4.78 is 0. The van der Waals surface area contributed by atoms with E-state index in [1.165, 1.54) is 23.3 Å². The van der Waals surface area contributed by atoms with Crippen LogP contribution in [0.1, 0.15) is 36.4 Å². The Morgan fingerprint density at radius 1 is 1.35 bits per heavy atom. The molecule has 0 fully saturated rings. The Hall–Kier alpha value is -1.51. The SMILES string of the molecule is C=CCC1=CC2Cc3nc4cc(Cl)ccc4c(N)c3C(C1)C2.Cl. The van der Waals surface area contributed by atoms with Gasteiger partial charge in [0, 0.05) is 27.4 Å². The van der Waals surface area contributed by atoms with Crippen molar-refractivity contribution in [3.63, 3.8) is 0 Å². The van der Waals surface area contributed by atoms with Crippen LogP contribution in [0.5, 0.6) is 0 Å². The zero-order valence-electron chi connectivity index (χ0n) is 12.9. The molecule has 1 heterocycles. The molecule has 2 N–H and O–H groups in total. The summed E-state index contributed by atoms with van der Waals surface area (Å²) in [5.41, 5.74) is 12.3. The van der Waals surface area contributed by atoms with Crippen molar-refractivity contribution >= 4 is 40.6 Å². The molecule has 2 nitrogen and oxygen atoms in total. The molecule has 0 saturated carbocycles. The van der Waals surface area contributed by atoms with E-state index in [9.17, 15) is 0 Å². The van der Waals surface area contributed by atoms with E-state index in [0.717, 1.165) is 35.9 Å². The molecule has 2 unspecified atom stereocenters. The van der Waals surface area contributed by atoms with Gasteiger partial charge in [0.2, 0.25) is 0 Å². The minimum Gasteiger partial charge on any atom is -0.398 e. The van der Waals surface area contributed by atoms with Crippen molar-refractivity contribution in [1.82, 2.24) is 4.98 Å². The number of anilines is 1. The largest absolute Gasteiger partial charge is 0.398 e. The minimum absolute atomic E-state index is 0. The highest BCUT2D eigenvalue weighted by Gasteiger charge is 2.33. The van der Waals surface area contributed by atoms with Gasteiger partial charge in [0.25, 0.3) is 0 Å². The lowest BCUT2D eigenvalue weighted by Crippen LogP contribution is -2.24. The van der Waals surface area contributed by atoms with Crippen molar-refractivity contribution < 1.29 is 0 Å². The highest BCUT2D eigenvalue weighted by molar-refractivity contribution is 6.31. The summed E-state index contributed by atoms with van der Waals surface area (Å²) in [6, 6.07) is 5.80. The molecule has 1 aromatic carbocycles. The summed E-state index contributed by atoms with van der Waals surface area (Å²) in [5, 5.41) is 1.74. The number of nitrogens with zero attached hydrogens (tertiary/aromatic N) is 1. The normalized spacial score (nSPS) is 22.0. The van der Waals surface area contributed by atoms with Crippen molar-refractivity contribution in [2.45, 2.75) is 31.6 Å². The van der Waals surface area contributed by atoms with Crippen LogP contribution in [0.25, 0.3) is 10.9 Å². The number of aromatic nitrogens is 1. The summed E-state index contributed by atoms with van der Waals surface area (Å²) in [4.78, 5) is 4.88. The molecule has 0 radical (unpaired) electrons. The van der Waals surface area contributed by atoms with Crippen LogP contribution in [0.2, 0.25) is 5.02 Å². The number of pyridine rings is 1. The van der Waals surface area contributed by atoms with Crippen molar-refractivity contribution in [2.24, 2.45) is 5.92 Å². The van der Waals surface area contributed by atoms with Gasteiger partial charge in [0.15, 0.2) is 0 Å². The predicted molar refractivity (Wildman–Crippen MR) is 100 cm³/mol. The lowest BCUT2D eigenvalue weighted by molar-refractivity contribution is 0.431. The number of nitrogens with two attached hydrogens (primary N) is 1. The van der Waals surface area contributed by atoms with Crippen LogP contribution in [0.4, 0.5) is 5.69 Å². The summed E-state index contributed by atoms with van der Waals surface area (Å²) in [6.07, 6.45) is 8.68. The molecule has 2 bridgehead atoms. The molecular weight excluding hydrogens is 327 g/mol. The van der Waals surface area contributed by atoms with E-state index < -0.39 is 0 Å². The van der Waals surface area contributed by atoms with Crippen LogP contribution in [0.15, 0.2) is 42.5 Å². The van der Waals surface area contributed by atoms with Crippen LogP contribution >= 0.6 is 24.0 Å². The maximum atomic E-state index is 6.52. The van der Waals surface area contributed by atoms with E-state index in [-0.39, 0.29) is 12.4 Å². The van der Waals surface area contributed by atoms with Crippen LogP contribution in [-0.2, 0) is 6.42 Å². The fourth-order valence-corrected chi connectivity index (χ4v) is 4.29. The van der Waals surface area contributed by atoms with E-state index >= 15 is 0 Å². The van der Waals surface area contributed by atoms with Crippen LogP contribution in [0.3, 0.4) is 0 Å².